The molecule has 21 heavy (non-hydrogen) atoms. The number of nitrogens with zero attached hydrogens (tertiary/aromatic N) is 1. The third-order valence-corrected chi connectivity index (χ3v) is 5.48. The van der Waals surface area contributed by atoms with Crippen LogP contribution < -0.4 is 5.32 Å². The Labute approximate surface area is 144 Å². The summed E-state index contributed by atoms with van der Waals surface area (Å²) in [6, 6.07) is 4.73. The van der Waals surface area contributed by atoms with Crippen molar-refractivity contribution in [2.24, 2.45) is 5.41 Å². The highest BCUT2D eigenvalue weighted by Crippen LogP contribution is 2.37. The number of carbonyl (C=O) groups is 1. The second kappa shape index (κ2) is 6.79. The number of likely N-dealkylation sites (tertiary alicyclic amines) is 1. The minimum Gasteiger partial charge on any atom is -0.339 e. The van der Waals surface area contributed by atoms with Gasteiger partial charge in [0.2, 0.25) is 0 Å². The van der Waals surface area contributed by atoms with E-state index < -0.39 is 0 Å². The second-order valence-corrected chi connectivity index (χ2v) is 7.01. The van der Waals surface area contributed by atoms with Crippen molar-refractivity contribution in [3.63, 3.8) is 0 Å². The molecule has 6 heteroatoms. The third-order valence-electron chi connectivity index (χ3n) is 4.61. The van der Waals surface area contributed by atoms with Gasteiger partial charge in [-0.15, -0.1) is 12.4 Å². The fraction of sp³-hybridized carbons (Fsp3) is 0.533. The van der Waals surface area contributed by atoms with Gasteiger partial charge in [0.05, 0.1) is 0 Å². The van der Waals surface area contributed by atoms with Crippen LogP contribution in [0.15, 0.2) is 18.2 Å². The average molecular weight is 425 g/mol. The molecule has 3 rings (SSSR count). The fourth-order valence-corrected chi connectivity index (χ4v) is 3.55. The van der Waals surface area contributed by atoms with Gasteiger partial charge in [0.1, 0.15) is 5.82 Å². The zero-order valence-electron chi connectivity index (χ0n) is 11.7. The summed E-state index contributed by atoms with van der Waals surface area (Å²) in [6.45, 7) is 3.74. The van der Waals surface area contributed by atoms with Crippen molar-refractivity contribution in [1.82, 2.24) is 10.2 Å². The lowest BCUT2D eigenvalue weighted by molar-refractivity contribution is 0.0607. The molecule has 3 nitrogen and oxygen atoms in total. The summed E-state index contributed by atoms with van der Waals surface area (Å²) in [5.41, 5.74) is 0.858. The van der Waals surface area contributed by atoms with Gasteiger partial charge in [-0.25, -0.2) is 4.39 Å². The van der Waals surface area contributed by atoms with E-state index >= 15 is 0 Å². The van der Waals surface area contributed by atoms with Crippen molar-refractivity contribution in [3.8, 4) is 0 Å². The molecule has 1 aromatic rings. The predicted molar refractivity (Wildman–Crippen MR) is 91.4 cm³/mol. The number of amides is 1. The van der Waals surface area contributed by atoms with E-state index in [1.54, 1.807) is 12.1 Å². The van der Waals surface area contributed by atoms with Crippen LogP contribution in [0.2, 0.25) is 0 Å². The molecule has 2 aliphatic heterocycles. The standard InChI is InChI=1S/C15H18FIN2O.ClH/c16-12-9-11(1-2-13(12)17)14(20)19-7-4-15(5-8-19)3-6-18-10-15;/h1-2,9,18H,3-8,10H2;1H. The van der Waals surface area contributed by atoms with Gasteiger partial charge in [-0.05, 0) is 72.0 Å². The molecule has 0 bridgehead atoms. The summed E-state index contributed by atoms with van der Waals surface area (Å²) in [5.74, 6) is -0.356. The molecule has 1 N–H and O–H groups in total. The Morgan fingerprint density at radius 2 is 2.00 bits per heavy atom. The quantitative estimate of drug-likeness (QED) is 0.703. The van der Waals surface area contributed by atoms with Gasteiger partial charge in [0.25, 0.3) is 5.91 Å². The Kier molecular flexibility index (Phi) is 5.48. The molecule has 0 atom stereocenters. The molecular weight excluding hydrogens is 406 g/mol. The van der Waals surface area contributed by atoms with Crippen LogP contribution >= 0.6 is 35.0 Å². The summed E-state index contributed by atoms with van der Waals surface area (Å²) >= 11 is 1.93. The van der Waals surface area contributed by atoms with Crippen molar-refractivity contribution in [2.75, 3.05) is 26.2 Å². The molecule has 0 saturated carbocycles. The molecule has 1 amide bonds. The monoisotopic (exact) mass is 424 g/mol. The molecule has 0 unspecified atom stereocenters. The number of hydrogen-bond acceptors (Lipinski definition) is 2. The number of carbonyl (C=O) groups excluding carboxylic acids is 1. The lowest BCUT2D eigenvalue weighted by Crippen LogP contribution is -2.44. The normalized spacial score (nSPS) is 20.4. The summed E-state index contributed by atoms with van der Waals surface area (Å²) in [4.78, 5) is 14.3. The van der Waals surface area contributed by atoms with Crippen LogP contribution in [0.4, 0.5) is 4.39 Å². The molecular formula is C15H19ClFIN2O. The summed E-state index contributed by atoms with van der Waals surface area (Å²) < 4.78 is 14.1. The van der Waals surface area contributed by atoms with Gasteiger partial charge in [-0.1, -0.05) is 0 Å². The maximum atomic E-state index is 13.6. The van der Waals surface area contributed by atoms with Crippen LogP contribution in [-0.4, -0.2) is 37.0 Å². The number of piperidine rings is 1. The Morgan fingerprint density at radius 3 is 2.57 bits per heavy atom. The number of nitrogens with one attached hydrogen (secondary N) is 1. The Balaban J connectivity index is 0.00000161. The van der Waals surface area contributed by atoms with Gasteiger partial charge in [-0.2, -0.15) is 0 Å². The number of benzene rings is 1. The summed E-state index contributed by atoms with van der Waals surface area (Å²) in [5, 5.41) is 3.42. The van der Waals surface area contributed by atoms with Crippen LogP contribution in [0.5, 0.6) is 0 Å². The van der Waals surface area contributed by atoms with E-state index in [4.69, 9.17) is 0 Å². The number of rotatable bonds is 1. The van der Waals surface area contributed by atoms with Crippen LogP contribution in [-0.2, 0) is 0 Å². The molecule has 2 heterocycles. The smallest absolute Gasteiger partial charge is 0.253 e. The zero-order chi connectivity index (χ0) is 14.2. The van der Waals surface area contributed by atoms with Crippen molar-refractivity contribution in [1.29, 1.82) is 0 Å². The van der Waals surface area contributed by atoms with E-state index in [0.717, 1.165) is 39.0 Å². The maximum Gasteiger partial charge on any atom is 0.253 e. The van der Waals surface area contributed by atoms with E-state index in [2.05, 4.69) is 5.32 Å². The van der Waals surface area contributed by atoms with Gasteiger partial charge in [-0.3, -0.25) is 4.79 Å². The summed E-state index contributed by atoms with van der Waals surface area (Å²) in [7, 11) is 0. The van der Waals surface area contributed by atoms with E-state index in [1.165, 1.54) is 12.5 Å². The van der Waals surface area contributed by atoms with Crippen LogP contribution in [0, 0.1) is 14.8 Å². The van der Waals surface area contributed by atoms with Crippen molar-refractivity contribution < 1.29 is 9.18 Å². The van der Waals surface area contributed by atoms with Gasteiger partial charge < -0.3 is 10.2 Å². The minimum atomic E-state index is -0.315. The first-order valence-corrected chi connectivity index (χ1v) is 8.13. The zero-order valence-corrected chi connectivity index (χ0v) is 14.7. The molecule has 1 spiro atoms. The van der Waals surface area contributed by atoms with Crippen molar-refractivity contribution in [2.45, 2.75) is 19.3 Å². The van der Waals surface area contributed by atoms with E-state index in [9.17, 15) is 9.18 Å². The Bertz CT molecular complexity index is 524. The highest BCUT2D eigenvalue weighted by molar-refractivity contribution is 14.1. The molecule has 2 saturated heterocycles. The third kappa shape index (κ3) is 3.51. The van der Waals surface area contributed by atoms with E-state index in [-0.39, 0.29) is 24.1 Å². The molecule has 0 aromatic heterocycles. The topological polar surface area (TPSA) is 32.3 Å². The van der Waals surface area contributed by atoms with Crippen molar-refractivity contribution >= 4 is 40.9 Å². The minimum absolute atomic E-state index is 0. The molecule has 2 fully saturated rings. The van der Waals surface area contributed by atoms with E-state index in [1.807, 2.05) is 27.5 Å². The summed E-state index contributed by atoms with van der Waals surface area (Å²) in [6.07, 6.45) is 3.32. The first-order chi connectivity index (χ1) is 9.60. The Morgan fingerprint density at radius 1 is 1.29 bits per heavy atom. The fourth-order valence-electron chi connectivity index (χ4n) is 3.22. The van der Waals surface area contributed by atoms with Gasteiger partial charge in [0, 0.05) is 28.8 Å². The molecule has 1 aromatic carbocycles. The molecule has 116 valence electrons. The van der Waals surface area contributed by atoms with Gasteiger partial charge in [0.15, 0.2) is 0 Å². The highest BCUT2D eigenvalue weighted by atomic mass is 127. The van der Waals surface area contributed by atoms with Crippen LogP contribution in [0.25, 0.3) is 0 Å². The number of halogens is 3. The average Bonchev–Trinajstić information content (AvgIpc) is 2.90. The highest BCUT2D eigenvalue weighted by Gasteiger charge is 2.38. The first kappa shape index (κ1) is 17.0. The number of hydrogen-bond donors (Lipinski definition) is 1. The second-order valence-electron chi connectivity index (χ2n) is 5.85. The molecule has 0 aliphatic carbocycles. The Hall–Kier alpha value is -0.400. The maximum absolute atomic E-state index is 13.6. The predicted octanol–water partition coefficient (Wildman–Crippen LogP) is 3.07. The van der Waals surface area contributed by atoms with Crippen LogP contribution in [0.3, 0.4) is 0 Å². The SMILES string of the molecule is Cl.O=C(c1ccc(I)c(F)c1)N1CCC2(CCNC2)CC1. The van der Waals surface area contributed by atoms with E-state index in [0.29, 0.717) is 14.5 Å². The van der Waals surface area contributed by atoms with Gasteiger partial charge >= 0.3 is 0 Å². The lowest BCUT2D eigenvalue weighted by atomic mass is 9.78. The van der Waals surface area contributed by atoms with Crippen LogP contribution in [0.1, 0.15) is 29.6 Å². The first-order valence-electron chi connectivity index (χ1n) is 7.05. The van der Waals surface area contributed by atoms with Crippen molar-refractivity contribution in [3.05, 3.63) is 33.1 Å². The lowest BCUT2D eigenvalue weighted by Gasteiger charge is -2.38. The molecule has 2 aliphatic rings. The molecule has 0 radical (unpaired) electrons. The largest absolute Gasteiger partial charge is 0.339 e.